The van der Waals surface area contributed by atoms with Crippen LogP contribution in [0.3, 0.4) is 0 Å². The smallest absolute Gasteiger partial charge is 0.169 e. The lowest BCUT2D eigenvalue weighted by Gasteiger charge is -2.06. The van der Waals surface area contributed by atoms with Crippen LogP contribution in [-0.4, -0.2) is 4.11 Å². The molecule has 1 nitrogen and oxygen atoms in total. The maximum atomic E-state index is 5.83. The summed E-state index contributed by atoms with van der Waals surface area (Å²) in [6, 6.07) is 5.36. The van der Waals surface area contributed by atoms with Crippen molar-refractivity contribution in [1.29, 1.82) is 0 Å². The highest BCUT2D eigenvalue weighted by atomic mass is 127. The van der Waals surface area contributed by atoms with E-state index < -0.39 is 0 Å². The maximum Gasteiger partial charge on any atom is 0.169 e. The highest BCUT2D eigenvalue weighted by Crippen LogP contribution is 2.23. The summed E-state index contributed by atoms with van der Waals surface area (Å²) in [6.45, 7) is 0.439. The summed E-state index contributed by atoms with van der Waals surface area (Å²) in [7, 11) is 0. The molecule has 0 aliphatic rings. The van der Waals surface area contributed by atoms with Gasteiger partial charge in [-0.05, 0) is 40.3 Å². The lowest BCUT2D eigenvalue weighted by molar-refractivity contribution is 0.141. The Bertz CT molecular complexity index is 360. The Kier molecular flexibility index (Phi) is 5.04. The van der Waals surface area contributed by atoms with Crippen LogP contribution in [0.5, 0.6) is 0 Å². The van der Waals surface area contributed by atoms with Crippen molar-refractivity contribution in [2.75, 3.05) is 0 Å². The van der Waals surface area contributed by atoms with Crippen molar-refractivity contribution in [3.05, 3.63) is 33.8 Å². The molecule has 0 saturated heterocycles. The molecule has 4 heteroatoms. The van der Waals surface area contributed by atoms with Crippen molar-refractivity contribution < 1.29 is 4.74 Å². The van der Waals surface area contributed by atoms with Gasteiger partial charge in [-0.2, -0.15) is 0 Å². The van der Waals surface area contributed by atoms with E-state index in [4.69, 9.17) is 34.4 Å². The molecule has 1 aromatic carbocycles. The number of benzene rings is 1. The lowest BCUT2D eigenvalue weighted by atomic mass is 10.2. The molecule has 0 aromatic heterocycles. The number of halogens is 3. The lowest BCUT2D eigenvalue weighted by Crippen LogP contribution is -2.00. The van der Waals surface area contributed by atoms with Crippen molar-refractivity contribution in [3.8, 4) is 12.3 Å². The van der Waals surface area contributed by atoms with Crippen LogP contribution in [0.2, 0.25) is 10.0 Å². The first-order chi connectivity index (χ1) is 6.63. The third-order valence-corrected chi connectivity index (χ3v) is 2.97. The molecular weight excluding hydrogens is 334 g/mol. The van der Waals surface area contributed by atoms with Gasteiger partial charge in [-0.25, -0.2) is 0 Å². The van der Waals surface area contributed by atoms with Crippen LogP contribution >= 0.6 is 45.8 Å². The number of alkyl halides is 1. The third-order valence-electron chi connectivity index (χ3n) is 1.51. The van der Waals surface area contributed by atoms with E-state index in [1.807, 2.05) is 28.7 Å². The zero-order valence-corrected chi connectivity index (χ0v) is 10.8. The summed E-state index contributed by atoms with van der Waals surface area (Å²) in [6.07, 6.45) is 5.16. The normalized spacial score (nSPS) is 12.1. The van der Waals surface area contributed by atoms with Crippen molar-refractivity contribution in [3.63, 3.8) is 0 Å². The fourth-order valence-electron chi connectivity index (χ4n) is 0.847. The van der Waals surface area contributed by atoms with Crippen LogP contribution in [-0.2, 0) is 11.3 Å². The summed E-state index contributed by atoms with van der Waals surface area (Å²) in [5, 5.41) is 1.07. The molecule has 1 atom stereocenters. The molecule has 0 spiro atoms. The largest absolute Gasteiger partial charge is 0.351 e. The van der Waals surface area contributed by atoms with Crippen LogP contribution in [0, 0.1) is 12.3 Å². The second-order valence-electron chi connectivity index (χ2n) is 2.54. The van der Waals surface area contributed by atoms with Gasteiger partial charge in [0.15, 0.2) is 4.11 Å². The summed E-state index contributed by atoms with van der Waals surface area (Å²) < 4.78 is 5.10. The van der Waals surface area contributed by atoms with Gasteiger partial charge >= 0.3 is 0 Å². The van der Waals surface area contributed by atoms with E-state index in [9.17, 15) is 0 Å². The molecule has 0 heterocycles. The molecule has 0 N–H and O–H groups in total. The summed E-state index contributed by atoms with van der Waals surface area (Å²) in [5.74, 6) is 2.47. The Morgan fingerprint density at radius 3 is 2.71 bits per heavy atom. The van der Waals surface area contributed by atoms with Crippen molar-refractivity contribution >= 4 is 45.8 Å². The first-order valence-electron chi connectivity index (χ1n) is 3.79. The minimum atomic E-state index is -0.220. The number of rotatable bonds is 3. The minimum Gasteiger partial charge on any atom is -0.351 e. The zero-order chi connectivity index (χ0) is 10.6. The Hall–Kier alpha value is 0.0500. The van der Waals surface area contributed by atoms with Gasteiger partial charge in [-0.1, -0.05) is 35.2 Å². The molecule has 1 aromatic rings. The van der Waals surface area contributed by atoms with Gasteiger partial charge in [-0.3, -0.25) is 0 Å². The molecule has 0 aliphatic heterocycles. The van der Waals surface area contributed by atoms with Gasteiger partial charge in [-0.15, -0.1) is 6.42 Å². The van der Waals surface area contributed by atoms with E-state index >= 15 is 0 Å². The third kappa shape index (κ3) is 3.66. The maximum absolute atomic E-state index is 5.83. The number of terminal acetylenes is 1. The van der Waals surface area contributed by atoms with E-state index in [2.05, 4.69) is 5.92 Å². The topological polar surface area (TPSA) is 9.23 Å². The first-order valence-corrected chi connectivity index (χ1v) is 5.79. The van der Waals surface area contributed by atoms with Crippen molar-refractivity contribution in [1.82, 2.24) is 0 Å². The van der Waals surface area contributed by atoms with Crippen LogP contribution in [0.4, 0.5) is 0 Å². The van der Waals surface area contributed by atoms with E-state index in [1.54, 1.807) is 12.1 Å². The van der Waals surface area contributed by atoms with E-state index in [1.165, 1.54) is 0 Å². The van der Waals surface area contributed by atoms with Gasteiger partial charge < -0.3 is 4.74 Å². The molecular formula is C10H7Cl2IO. The van der Waals surface area contributed by atoms with E-state index in [0.29, 0.717) is 16.7 Å². The highest BCUT2D eigenvalue weighted by Gasteiger charge is 2.02. The first kappa shape index (κ1) is 12.1. The second-order valence-corrected chi connectivity index (χ2v) is 4.49. The highest BCUT2D eigenvalue weighted by molar-refractivity contribution is 14.1. The van der Waals surface area contributed by atoms with Gasteiger partial charge in [0.25, 0.3) is 0 Å². The molecule has 1 unspecified atom stereocenters. The molecule has 0 aliphatic carbocycles. The van der Waals surface area contributed by atoms with E-state index in [-0.39, 0.29) is 4.11 Å². The Morgan fingerprint density at radius 2 is 2.14 bits per heavy atom. The van der Waals surface area contributed by atoms with E-state index in [0.717, 1.165) is 5.56 Å². The summed E-state index contributed by atoms with van der Waals surface area (Å²) in [4.78, 5) is 0. The van der Waals surface area contributed by atoms with Crippen molar-refractivity contribution in [2.45, 2.75) is 10.7 Å². The average molecular weight is 341 g/mol. The van der Waals surface area contributed by atoms with Crippen LogP contribution < -0.4 is 0 Å². The van der Waals surface area contributed by atoms with Crippen LogP contribution in [0.1, 0.15) is 5.56 Å². The predicted molar refractivity (Wildman–Crippen MR) is 67.9 cm³/mol. The monoisotopic (exact) mass is 340 g/mol. The Balaban J connectivity index is 2.61. The molecule has 0 radical (unpaired) electrons. The SMILES string of the molecule is C#CC(I)OCc1ccc(Cl)c(Cl)c1. The van der Waals surface area contributed by atoms with Crippen LogP contribution in [0.15, 0.2) is 18.2 Å². The van der Waals surface area contributed by atoms with Crippen molar-refractivity contribution in [2.24, 2.45) is 0 Å². The zero-order valence-electron chi connectivity index (χ0n) is 7.14. The number of ether oxygens (including phenoxy) is 1. The standard InChI is InChI=1S/C10H7Cl2IO/c1-2-10(13)14-6-7-3-4-8(11)9(12)5-7/h1,3-5,10H,6H2. The van der Waals surface area contributed by atoms with Crippen LogP contribution in [0.25, 0.3) is 0 Å². The molecule has 74 valence electrons. The Labute approximate surface area is 107 Å². The average Bonchev–Trinajstić information content (AvgIpc) is 2.19. The fraction of sp³-hybridized carbons (Fsp3) is 0.200. The van der Waals surface area contributed by atoms with Gasteiger partial charge in [0.2, 0.25) is 0 Å². The molecule has 0 fully saturated rings. The molecule has 14 heavy (non-hydrogen) atoms. The molecule has 1 rings (SSSR count). The molecule has 0 amide bonds. The minimum absolute atomic E-state index is 0.220. The summed E-state index contributed by atoms with van der Waals surface area (Å²) >= 11 is 13.6. The molecule has 0 bridgehead atoms. The summed E-state index contributed by atoms with van der Waals surface area (Å²) in [5.41, 5.74) is 0.955. The molecule has 0 saturated carbocycles. The predicted octanol–water partition coefficient (Wildman–Crippen LogP) is 3.90. The Morgan fingerprint density at radius 1 is 1.43 bits per heavy atom. The number of hydrogen-bond acceptors (Lipinski definition) is 1. The fourth-order valence-corrected chi connectivity index (χ4v) is 1.35. The van der Waals surface area contributed by atoms with Gasteiger partial charge in [0.05, 0.1) is 16.7 Å². The second kappa shape index (κ2) is 5.82. The van der Waals surface area contributed by atoms with Gasteiger partial charge in [0, 0.05) is 0 Å². The van der Waals surface area contributed by atoms with Gasteiger partial charge in [0.1, 0.15) is 0 Å². The quantitative estimate of drug-likeness (QED) is 0.460. The number of hydrogen-bond donors (Lipinski definition) is 0.